The summed E-state index contributed by atoms with van der Waals surface area (Å²) in [6.07, 6.45) is 1.74. The van der Waals surface area contributed by atoms with Crippen LogP contribution >= 0.6 is 11.8 Å². The highest BCUT2D eigenvalue weighted by Crippen LogP contribution is 2.19. The van der Waals surface area contributed by atoms with Gasteiger partial charge in [0.05, 0.1) is 5.69 Å². The van der Waals surface area contributed by atoms with Gasteiger partial charge in [-0.25, -0.2) is 4.68 Å². The lowest BCUT2D eigenvalue weighted by molar-refractivity contribution is -0.122. The van der Waals surface area contributed by atoms with Crippen molar-refractivity contribution in [2.24, 2.45) is 0 Å². The van der Waals surface area contributed by atoms with Gasteiger partial charge in [-0.05, 0) is 26.0 Å². The van der Waals surface area contributed by atoms with Gasteiger partial charge in [-0.15, -0.1) is 5.10 Å². The van der Waals surface area contributed by atoms with Gasteiger partial charge >= 0.3 is 0 Å². The molecule has 0 saturated carbocycles. The molecule has 2 heterocycles. The third-order valence-corrected chi connectivity index (χ3v) is 3.37. The van der Waals surface area contributed by atoms with Gasteiger partial charge in [0, 0.05) is 18.0 Å². The number of aromatic nitrogens is 4. The van der Waals surface area contributed by atoms with Gasteiger partial charge in [0.15, 0.2) is 0 Å². The SMILES string of the molecule is CC(C)NC(=O)Cn1nc(SCc2ccccn2)nc1N. The molecule has 0 atom stereocenters. The minimum absolute atomic E-state index is 0.0706. The Morgan fingerprint density at radius 2 is 2.29 bits per heavy atom. The van der Waals surface area contributed by atoms with E-state index in [4.69, 9.17) is 5.73 Å². The van der Waals surface area contributed by atoms with E-state index in [2.05, 4.69) is 20.4 Å². The molecule has 0 aliphatic heterocycles. The summed E-state index contributed by atoms with van der Waals surface area (Å²) in [7, 11) is 0. The Hall–Kier alpha value is -2.09. The number of hydrogen-bond acceptors (Lipinski definition) is 6. The van der Waals surface area contributed by atoms with Gasteiger partial charge in [-0.2, -0.15) is 4.98 Å². The molecular weight excluding hydrogens is 288 g/mol. The highest BCUT2D eigenvalue weighted by Gasteiger charge is 2.12. The van der Waals surface area contributed by atoms with Crippen LogP contribution in [0.2, 0.25) is 0 Å². The summed E-state index contributed by atoms with van der Waals surface area (Å²) in [6, 6.07) is 5.82. The second-order valence-electron chi connectivity index (χ2n) is 4.74. The summed E-state index contributed by atoms with van der Waals surface area (Å²) < 4.78 is 1.40. The van der Waals surface area contributed by atoms with Gasteiger partial charge in [0.2, 0.25) is 17.0 Å². The minimum atomic E-state index is -0.136. The second kappa shape index (κ2) is 7.07. The molecule has 112 valence electrons. The van der Waals surface area contributed by atoms with Crippen LogP contribution in [0.1, 0.15) is 19.5 Å². The number of amides is 1. The van der Waals surface area contributed by atoms with Crippen molar-refractivity contribution >= 4 is 23.6 Å². The highest BCUT2D eigenvalue weighted by atomic mass is 32.2. The van der Waals surface area contributed by atoms with Crippen molar-refractivity contribution in [3.05, 3.63) is 30.1 Å². The molecule has 0 radical (unpaired) electrons. The molecule has 0 aliphatic rings. The number of anilines is 1. The fraction of sp³-hybridized carbons (Fsp3) is 0.385. The highest BCUT2D eigenvalue weighted by molar-refractivity contribution is 7.98. The molecule has 3 N–H and O–H groups in total. The molecule has 2 rings (SSSR count). The molecule has 0 aromatic carbocycles. The monoisotopic (exact) mass is 306 g/mol. The van der Waals surface area contributed by atoms with Crippen LogP contribution in [0, 0.1) is 0 Å². The number of pyridine rings is 1. The molecule has 0 unspecified atom stereocenters. The van der Waals surface area contributed by atoms with Crippen molar-refractivity contribution in [3.8, 4) is 0 Å². The maximum atomic E-state index is 11.7. The average molecular weight is 306 g/mol. The number of carbonyl (C=O) groups excluding carboxylic acids is 1. The number of hydrogen-bond donors (Lipinski definition) is 2. The third-order valence-electron chi connectivity index (χ3n) is 2.50. The third kappa shape index (κ3) is 4.75. The molecule has 2 aromatic rings. The molecule has 0 saturated heterocycles. The summed E-state index contributed by atoms with van der Waals surface area (Å²) in [4.78, 5) is 20.1. The number of nitrogens with two attached hydrogens (primary N) is 1. The van der Waals surface area contributed by atoms with Gasteiger partial charge < -0.3 is 11.1 Å². The van der Waals surface area contributed by atoms with Crippen LogP contribution < -0.4 is 11.1 Å². The first-order valence-electron chi connectivity index (χ1n) is 6.57. The Balaban J connectivity index is 1.94. The molecule has 8 heteroatoms. The first kappa shape index (κ1) is 15.3. The van der Waals surface area contributed by atoms with Crippen molar-refractivity contribution in [3.63, 3.8) is 0 Å². The summed E-state index contributed by atoms with van der Waals surface area (Å²) in [5, 5.41) is 7.55. The van der Waals surface area contributed by atoms with Crippen molar-refractivity contribution in [1.29, 1.82) is 0 Å². The van der Waals surface area contributed by atoms with Crippen LogP contribution in [-0.4, -0.2) is 31.7 Å². The number of nitrogens with one attached hydrogen (secondary N) is 1. The summed E-state index contributed by atoms with van der Waals surface area (Å²) in [6.45, 7) is 3.87. The summed E-state index contributed by atoms with van der Waals surface area (Å²) >= 11 is 1.43. The maximum Gasteiger partial charge on any atom is 0.242 e. The smallest absolute Gasteiger partial charge is 0.242 e. The van der Waals surface area contributed by atoms with E-state index in [-0.39, 0.29) is 24.4 Å². The first-order valence-corrected chi connectivity index (χ1v) is 7.55. The number of nitrogens with zero attached hydrogens (tertiary/aromatic N) is 4. The van der Waals surface area contributed by atoms with E-state index < -0.39 is 0 Å². The second-order valence-corrected chi connectivity index (χ2v) is 5.68. The summed E-state index contributed by atoms with van der Waals surface area (Å²) in [5.74, 6) is 0.753. The lowest BCUT2D eigenvalue weighted by atomic mass is 10.4. The molecule has 2 aromatic heterocycles. The number of nitrogen functional groups attached to an aromatic ring is 1. The fourth-order valence-electron chi connectivity index (χ4n) is 1.64. The Bertz CT molecular complexity index is 598. The lowest BCUT2D eigenvalue weighted by Gasteiger charge is -2.08. The molecule has 0 spiro atoms. The molecule has 0 fully saturated rings. The van der Waals surface area contributed by atoms with Crippen molar-refractivity contribution in [2.45, 2.75) is 37.3 Å². The molecule has 0 bridgehead atoms. The Morgan fingerprint density at radius 1 is 1.48 bits per heavy atom. The zero-order valence-corrected chi connectivity index (χ0v) is 12.8. The summed E-state index contributed by atoms with van der Waals surface area (Å²) in [5.41, 5.74) is 6.71. The number of thioether (sulfide) groups is 1. The van der Waals surface area contributed by atoms with Crippen LogP contribution in [0.3, 0.4) is 0 Å². The zero-order valence-electron chi connectivity index (χ0n) is 12.0. The van der Waals surface area contributed by atoms with Crippen LogP contribution in [-0.2, 0) is 17.1 Å². The van der Waals surface area contributed by atoms with Crippen LogP contribution in [0.4, 0.5) is 5.95 Å². The number of carbonyl (C=O) groups is 1. The maximum absolute atomic E-state index is 11.7. The van der Waals surface area contributed by atoms with Crippen LogP contribution in [0.25, 0.3) is 0 Å². The molecular formula is C13H18N6OS. The predicted octanol–water partition coefficient (Wildman–Crippen LogP) is 1.07. The average Bonchev–Trinajstić information content (AvgIpc) is 2.77. The van der Waals surface area contributed by atoms with E-state index in [0.29, 0.717) is 10.9 Å². The van der Waals surface area contributed by atoms with E-state index in [0.717, 1.165) is 5.69 Å². The van der Waals surface area contributed by atoms with Crippen LogP contribution in [0.5, 0.6) is 0 Å². The van der Waals surface area contributed by atoms with E-state index in [1.165, 1.54) is 16.4 Å². The van der Waals surface area contributed by atoms with Crippen molar-refractivity contribution in [1.82, 2.24) is 25.1 Å². The molecule has 7 nitrogen and oxygen atoms in total. The molecule has 21 heavy (non-hydrogen) atoms. The Labute approximate surface area is 127 Å². The molecule has 0 aliphatic carbocycles. The normalized spacial score (nSPS) is 10.8. The quantitative estimate of drug-likeness (QED) is 0.775. The van der Waals surface area contributed by atoms with Gasteiger partial charge in [0.1, 0.15) is 6.54 Å². The van der Waals surface area contributed by atoms with E-state index >= 15 is 0 Å². The predicted molar refractivity (Wildman–Crippen MR) is 81.5 cm³/mol. The van der Waals surface area contributed by atoms with E-state index in [1.807, 2.05) is 32.0 Å². The van der Waals surface area contributed by atoms with E-state index in [1.54, 1.807) is 6.20 Å². The number of rotatable bonds is 6. The van der Waals surface area contributed by atoms with E-state index in [9.17, 15) is 4.79 Å². The molecule has 1 amide bonds. The fourth-order valence-corrected chi connectivity index (χ4v) is 2.40. The van der Waals surface area contributed by atoms with Crippen molar-refractivity contribution < 1.29 is 4.79 Å². The lowest BCUT2D eigenvalue weighted by Crippen LogP contribution is -2.33. The first-order chi connectivity index (χ1) is 10.0. The Kier molecular flexibility index (Phi) is 5.15. The zero-order chi connectivity index (χ0) is 15.2. The van der Waals surface area contributed by atoms with Crippen LogP contribution in [0.15, 0.2) is 29.6 Å². The minimum Gasteiger partial charge on any atom is -0.368 e. The van der Waals surface area contributed by atoms with Gasteiger partial charge in [0.25, 0.3) is 0 Å². The standard InChI is InChI=1S/C13H18N6OS/c1-9(2)16-11(20)7-19-12(14)17-13(18-19)21-8-10-5-3-4-6-15-10/h3-6,9H,7-8H2,1-2H3,(H,16,20)(H2,14,17,18). The topological polar surface area (TPSA) is 98.7 Å². The van der Waals surface area contributed by atoms with Gasteiger partial charge in [-0.3, -0.25) is 9.78 Å². The van der Waals surface area contributed by atoms with Crippen molar-refractivity contribution in [2.75, 3.05) is 5.73 Å². The van der Waals surface area contributed by atoms with Gasteiger partial charge in [-0.1, -0.05) is 17.8 Å². The largest absolute Gasteiger partial charge is 0.368 e. The Morgan fingerprint density at radius 3 is 2.95 bits per heavy atom.